The van der Waals surface area contributed by atoms with Crippen molar-refractivity contribution in [2.24, 2.45) is 0 Å². The van der Waals surface area contributed by atoms with Gasteiger partial charge in [0.05, 0.1) is 10.6 Å². The molecule has 0 radical (unpaired) electrons. The Labute approximate surface area is 135 Å². The predicted molar refractivity (Wildman–Crippen MR) is 84.1 cm³/mol. The summed E-state index contributed by atoms with van der Waals surface area (Å²) >= 11 is 11.9. The summed E-state index contributed by atoms with van der Waals surface area (Å²) in [5.41, 5.74) is 1.03. The molecule has 0 unspecified atom stereocenters. The van der Waals surface area contributed by atoms with E-state index < -0.39 is 0 Å². The van der Waals surface area contributed by atoms with E-state index in [-0.39, 0.29) is 17.8 Å². The maximum absolute atomic E-state index is 12.0. The number of hydrogen-bond donors (Lipinski definition) is 1. The molecule has 0 fully saturated rings. The summed E-state index contributed by atoms with van der Waals surface area (Å²) in [5.74, 6) is -0.136. The maximum Gasteiger partial charge on any atom is 0.322 e. The minimum atomic E-state index is -0.335. The molecule has 0 aliphatic heterocycles. The molecule has 0 saturated heterocycles. The smallest absolute Gasteiger partial charge is 0.322 e. The van der Waals surface area contributed by atoms with Crippen molar-refractivity contribution in [1.29, 1.82) is 0 Å². The first-order chi connectivity index (χ1) is 10.6. The average Bonchev–Trinajstić information content (AvgIpc) is 2.96. The zero-order valence-corrected chi connectivity index (χ0v) is 12.6. The summed E-state index contributed by atoms with van der Waals surface area (Å²) < 4.78 is 5.40. The van der Waals surface area contributed by atoms with Gasteiger partial charge in [0.1, 0.15) is 0 Å². The topological polar surface area (TPSA) is 68.0 Å². The van der Waals surface area contributed by atoms with Crippen molar-refractivity contribution in [2.45, 2.75) is 0 Å². The Balaban J connectivity index is 1.81. The van der Waals surface area contributed by atoms with Crippen molar-refractivity contribution in [2.75, 3.05) is 5.32 Å². The number of nitrogens with zero attached hydrogens (tertiary/aromatic N) is 2. The van der Waals surface area contributed by atoms with Gasteiger partial charge in [0.25, 0.3) is 11.8 Å². The summed E-state index contributed by atoms with van der Waals surface area (Å²) in [6, 6.07) is 13.6. The summed E-state index contributed by atoms with van der Waals surface area (Å²) in [4.78, 5) is 12.0. The van der Waals surface area contributed by atoms with Gasteiger partial charge in [0.2, 0.25) is 0 Å². The fourth-order valence-electron chi connectivity index (χ4n) is 1.80. The molecule has 2 aromatic carbocycles. The van der Waals surface area contributed by atoms with Crippen LogP contribution in [0.1, 0.15) is 10.4 Å². The molecule has 3 rings (SSSR count). The van der Waals surface area contributed by atoms with Gasteiger partial charge in [-0.25, -0.2) is 0 Å². The minimum absolute atomic E-state index is 0.00475. The number of carbonyl (C=O) groups is 1. The maximum atomic E-state index is 12.0. The lowest BCUT2D eigenvalue weighted by molar-refractivity contribution is 0.102. The first kappa shape index (κ1) is 14.6. The summed E-state index contributed by atoms with van der Waals surface area (Å²) in [7, 11) is 0. The van der Waals surface area contributed by atoms with Gasteiger partial charge in [0.15, 0.2) is 0 Å². The number of carbonyl (C=O) groups excluding carboxylic acids is 1. The lowest BCUT2D eigenvalue weighted by Crippen LogP contribution is -2.11. The quantitative estimate of drug-likeness (QED) is 0.776. The highest BCUT2D eigenvalue weighted by atomic mass is 35.5. The molecular formula is C15H9Cl2N3O2. The molecule has 22 heavy (non-hydrogen) atoms. The number of anilines is 1. The van der Waals surface area contributed by atoms with Crippen LogP contribution in [-0.2, 0) is 0 Å². The first-order valence-electron chi connectivity index (χ1n) is 6.29. The van der Waals surface area contributed by atoms with Crippen LogP contribution >= 0.6 is 23.2 Å². The molecule has 0 saturated carbocycles. The van der Waals surface area contributed by atoms with Crippen molar-refractivity contribution < 1.29 is 9.21 Å². The van der Waals surface area contributed by atoms with E-state index in [1.54, 1.807) is 42.5 Å². The summed E-state index contributed by atoms with van der Waals surface area (Å²) in [6.07, 6.45) is 0. The minimum Gasteiger partial charge on any atom is -0.403 e. The van der Waals surface area contributed by atoms with Gasteiger partial charge in [-0.15, -0.1) is 5.10 Å². The van der Waals surface area contributed by atoms with Crippen LogP contribution in [-0.4, -0.2) is 16.1 Å². The van der Waals surface area contributed by atoms with Crippen LogP contribution in [0.2, 0.25) is 10.0 Å². The largest absolute Gasteiger partial charge is 0.403 e. The van der Waals surface area contributed by atoms with Crippen molar-refractivity contribution in [3.63, 3.8) is 0 Å². The number of benzene rings is 2. The molecule has 0 aliphatic carbocycles. The zero-order chi connectivity index (χ0) is 15.5. The van der Waals surface area contributed by atoms with Crippen molar-refractivity contribution >= 4 is 35.1 Å². The lowest BCUT2D eigenvalue weighted by Gasteiger charge is -2.00. The third-order valence-corrected chi connectivity index (χ3v) is 3.39. The second-order valence-electron chi connectivity index (χ2n) is 4.36. The van der Waals surface area contributed by atoms with Gasteiger partial charge in [-0.3, -0.25) is 10.1 Å². The zero-order valence-electron chi connectivity index (χ0n) is 11.1. The number of aromatic nitrogens is 2. The van der Waals surface area contributed by atoms with Crippen molar-refractivity contribution in [3.05, 3.63) is 64.1 Å². The van der Waals surface area contributed by atoms with Crippen LogP contribution in [0.5, 0.6) is 0 Å². The molecule has 5 nitrogen and oxygen atoms in total. The third kappa shape index (κ3) is 3.10. The Morgan fingerprint density at radius 3 is 2.55 bits per heavy atom. The predicted octanol–water partition coefficient (Wildman–Crippen LogP) is 4.30. The Morgan fingerprint density at radius 2 is 1.82 bits per heavy atom. The molecule has 0 bridgehead atoms. The molecule has 1 amide bonds. The van der Waals surface area contributed by atoms with E-state index in [0.717, 1.165) is 0 Å². The first-order valence-corrected chi connectivity index (χ1v) is 7.04. The lowest BCUT2D eigenvalue weighted by atomic mass is 10.2. The number of rotatable bonds is 3. The fourth-order valence-corrected chi connectivity index (χ4v) is 2.29. The fraction of sp³-hybridized carbons (Fsp3) is 0. The van der Waals surface area contributed by atoms with Gasteiger partial charge < -0.3 is 4.42 Å². The standard InChI is InChI=1S/C15H9Cl2N3O2/c16-10-6-7-11(12(17)8-10)14-19-20-15(22-14)18-13(21)9-4-2-1-3-5-9/h1-8H,(H,18,20,21). The Hall–Kier alpha value is -2.37. The van der Waals surface area contributed by atoms with Crippen LogP contribution in [0.15, 0.2) is 52.9 Å². The molecule has 1 heterocycles. The monoisotopic (exact) mass is 333 g/mol. The molecule has 110 valence electrons. The van der Waals surface area contributed by atoms with Gasteiger partial charge >= 0.3 is 6.01 Å². The second kappa shape index (κ2) is 6.17. The van der Waals surface area contributed by atoms with E-state index in [1.807, 2.05) is 6.07 Å². The second-order valence-corrected chi connectivity index (χ2v) is 5.20. The number of nitrogens with one attached hydrogen (secondary N) is 1. The van der Waals surface area contributed by atoms with Crippen molar-refractivity contribution in [1.82, 2.24) is 10.2 Å². The molecule has 0 aliphatic rings. The Bertz CT molecular complexity index is 819. The third-order valence-electron chi connectivity index (χ3n) is 2.84. The van der Waals surface area contributed by atoms with Gasteiger partial charge in [-0.05, 0) is 30.3 Å². The van der Waals surface area contributed by atoms with Crippen LogP contribution < -0.4 is 5.32 Å². The summed E-state index contributed by atoms with van der Waals surface area (Å²) in [5, 5.41) is 11.1. The van der Waals surface area contributed by atoms with Crippen LogP contribution in [0.4, 0.5) is 6.01 Å². The molecule has 0 atom stereocenters. The van der Waals surface area contributed by atoms with Crippen LogP contribution in [0.3, 0.4) is 0 Å². The molecule has 3 aromatic rings. The molecule has 7 heteroatoms. The van der Waals surface area contributed by atoms with Crippen LogP contribution in [0, 0.1) is 0 Å². The molecular weight excluding hydrogens is 325 g/mol. The number of hydrogen-bond acceptors (Lipinski definition) is 4. The highest BCUT2D eigenvalue weighted by Gasteiger charge is 2.14. The highest BCUT2D eigenvalue weighted by Crippen LogP contribution is 2.30. The van der Waals surface area contributed by atoms with Gasteiger partial charge in [-0.2, -0.15) is 0 Å². The van der Waals surface area contributed by atoms with E-state index >= 15 is 0 Å². The van der Waals surface area contributed by atoms with E-state index in [4.69, 9.17) is 27.6 Å². The van der Waals surface area contributed by atoms with E-state index in [2.05, 4.69) is 15.5 Å². The molecule has 1 aromatic heterocycles. The Morgan fingerprint density at radius 1 is 1.05 bits per heavy atom. The van der Waals surface area contributed by atoms with Gasteiger partial charge in [0, 0.05) is 10.6 Å². The normalized spacial score (nSPS) is 10.5. The SMILES string of the molecule is O=C(Nc1nnc(-c2ccc(Cl)cc2Cl)o1)c1ccccc1. The highest BCUT2D eigenvalue weighted by molar-refractivity contribution is 6.36. The molecule has 1 N–H and O–H groups in total. The Kier molecular flexibility index (Phi) is 4.09. The number of amides is 1. The van der Waals surface area contributed by atoms with Crippen LogP contribution in [0.25, 0.3) is 11.5 Å². The van der Waals surface area contributed by atoms with Gasteiger partial charge in [-0.1, -0.05) is 46.5 Å². The number of halogens is 2. The summed E-state index contributed by atoms with van der Waals surface area (Å²) in [6.45, 7) is 0. The van der Waals surface area contributed by atoms with E-state index in [1.165, 1.54) is 0 Å². The van der Waals surface area contributed by atoms with Crippen molar-refractivity contribution in [3.8, 4) is 11.5 Å². The van der Waals surface area contributed by atoms with E-state index in [0.29, 0.717) is 21.2 Å². The average molecular weight is 334 g/mol. The van der Waals surface area contributed by atoms with E-state index in [9.17, 15) is 4.79 Å². The molecule has 0 spiro atoms.